The second-order valence-electron chi connectivity index (χ2n) is 5.36. The molecule has 2 rings (SSSR count). The van der Waals surface area contributed by atoms with Crippen molar-refractivity contribution < 1.29 is 9.90 Å². The SMILES string of the molecule is CC1CC(C)CC(Nc2nnccc2C(=O)O)C1. The van der Waals surface area contributed by atoms with Crippen molar-refractivity contribution in [2.24, 2.45) is 11.8 Å². The van der Waals surface area contributed by atoms with E-state index in [1.165, 1.54) is 18.7 Å². The van der Waals surface area contributed by atoms with E-state index < -0.39 is 5.97 Å². The Bertz CT molecular complexity index is 426. The molecular formula is C13H19N3O2. The van der Waals surface area contributed by atoms with Crippen molar-refractivity contribution in [3.8, 4) is 0 Å². The van der Waals surface area contributed by atoms with Crippen LogP contribution in [0.3, 0.4) is 0 Å². The van der Waals surface area contributed by atoms with Gasteiger partial charge in [-0.05, 0) is 37.2 Å². The van der Waals surface area contributed by atoms with Crippen LogP contribution in [-0.2, 0) is 0 Å². The first-order valence-corrected chi connectivity index (χ1v) is 6.37. The van der Waals surface area contributed by atoms with Gasteiger partial charge in [0, 0.05) is 6.04 Å². The van der Waals surface area contributed by atoms with E-state index in [2.05, 4.69) is 29.4 Å². The van der Waals surface area contributed by atoms with Gasteiger partial charge in [0.2, 0.25) is 0 Å². The van der Waals surface area contributed by atoms with Gasteiger partial charge in [-0.15, -0.1) is 5.10 Å². The summed E-state index contributed by atoms with van der Waals surface area (Å²) in [5.41, 5.74) is 0.191. The lowest BCUT2D eigenvalue weighted by Crippen LogP contribution is -2.31. The van der Waals surface area contributed by atoms with Gasteiger partial charge in [0.05, 0.1) is 6.20 Å². The predicted octanol–water partition coefficient (Wildman–Crippen LogP) is 2.41. The zero-order valence-electron chi connectivity index (χ0n) is 10.8. The number of rotatable bonds is 3. The van der Waals surface area contributed by atoms with Crippen LogP contribution in [0.15, 0.2) is 12.3 Å². The molecule has 0 aliphatic heterocycles. The Morgan fingerprint density at radius 2 is 2.00 bits per heavy atom. The number of hydrogen-bond acceptors (Lipinski definition) is 4. The fourth-order valence-electron chi connectivity index (χ4n) is 2.87. The highest BCUT2D eigenvalue weighted by atomic mass is 16.4. The number of carboxylic acids is 1. The first-order valence-electron chi connectivity index (χ1n) is 6.37. The fraction of sp³-hybridized carbons (Fsp3) is 0.615. The minimum absolute atomic E-state index is 0.191. The molecule has 1 fully saturated rings. The van der Waals surface area contributed by atoms with Crippen LogP contribution in [0.25, 0.3) is 0 Å². The number of anilines is 1. The molecule has 0 spiro atoms. The number of aromatic nitrogens is 2. The van der Waals surface area contributed by atoms with Gasteiger partial charge in [-0.2, -0.15) is 5.10 Å². The molecule has 5 nitrogen and oxygen atoms in total. The summed E-state index contributed by atoms with van der Waals surface area (Å²) < 4.78 is 0. The van der Waals surface area contributed by atoms with Crippen LogP contribution in [0.1, 0.15) is 43.5 Å². The summed E-state index contributed by atoms with van der Waals surface area (Å²) >= 11 is 0. The monoisotopic (exact) mass is 249 g/mol. The molecule has 1 aliphatic carbocycles. The average molecular weight is 249 g/mol. The van der Waals surface area contributed by atoms with E-state index in [-0.39, 0.29) is 5.56 Å². The molecular weight excluding hydrogens is 230 g/mol. The van der Waals surface area contributed by atoms with E-state index in [1.807, 2.05) is 0 Å². The summed E-state index contributed by atoms with van der Waals surface area (Å²) in [5, 5.41) is 20.0. The first-order chi connectivity index (χ1) is 8.56. The van der Waals surface area contributed by atoms with E-state index in [4.69, 9.17) is 5.11 Å². The third kappa shape index (κ3) is 2.97. The molecule has 1 aromatic heterocycles. The molecule has 1 aliphatic rings. The Hall–Kier alpha value is -1.65. The van der Waals surface area contributed by atoms with E-state index in [9.17, 15) is 4.79 Å². The van der Waals surface area contributed by atoms with Gasteiger partial charge in [-0.3, -0.25) is 0 Å². The molecule has 5 heteroatoms. The first kappa shape index (κ1) is 12.8. The minimum Gasteiger partial charge on any atom is -0.478 e. The Morgan fingerprint density at radius 1 is 1.33 bits per heavy atom. The third-order valence-corrected chi connectivity index (χ3v) is 3.47. The highest BCUT2D eigenvalue weighted by Crippen LogP contribution is 2.30. The van der Waals surface area contributed by atoms with E-state index >= 15 is 0 Å². The molecule has 2 N–H and O–H groups in total. The van der Waals surface area contributed by atoms with Crippen LogP contribution < -0.4 is 5.32 Å². The molecule has 0 saturated heterocycles. The van der Waals surface area contributed by atoms with Crippen molar-refractivity contribution in [1.82, 2.24) is 10.2 Å². The largest absolute Gasteiger partial charge is 0.478 e. The molecule has 1 aromatic rings. The maximum Gasteiger partial charge on any atom is 0.339 e. The molecule has 18 heavy (non-hydrogen) atoms. The highest BCUT2D eigenvalue weighted by Gasteiger charge is 2.25. The molecule has 0 bridgehead atoms. The van der Waals surface area contributed by atoms with Crippen LogP contribution in [0.2, 0.25) is 0 Å². The lowest BCUT2D eigenvalue weighted by Gasteiger charge is -2.32. The maximum absolute atomic E-state index is 11.1. The zero-order chi connectivity index (χ0) is 13.1. The van der Waals surface area contributed by atoms with Crippen molar-refractivity contribution in [3.05, 3.63) is 17.8 Å². The quantitative estimate of drug-likeness (QED) is 0.860. The van der Waals surface area contributed by atoms with E-state index in [0.29, 0.717) is 23.7 Å². The predicted molar refractivity (Wildman–Crippen MR) is 68.6 cm³/mol. The van der Waals surface area contributed by atoms with Crippen LogP contribution >= 0.6 is 0 Å². The molecule has 0 radical (unpaired) electrons. The van der Waals surface area contributed by atoms with Gasteiger partial charge in [0.1, 0.15) is 5.56 Å². The Labute approximate surface area is 107 Å². The van der Waals surface area contributed by atoms with Crippen LogP contribution in [0.5, 0.6) is 0 Å². The molecule has 0 amide bonds. The third-order valence-electron chi connectivity index (χ3n) is 3.47. The minimum atomic E-state index is -0.968. The van der Waals surface area contributed by atoms with E-state index in [0.717, 1.165) is 12.8 Å². The molecule has 1 saturated carbocycles. The number of hydrogen-bond donors (Lipinski definition) is 2. The Morgan fingerprint density at radius 3 is 2.61 bits per heavy atom. The van der Waals surface area contributed by atoms with Gasteiger partial charge in [0.15, 0.2) is 5.82 Å². The number of carbonyl (C=O) groups is 1. The van der Waals surface area contributed by atoms with Crippen LogP contribution in [0.4, 0.5) is 5.82 Å². The topological polar surface area (TPSA) is 75.1 Å². The van der Waals surface area contributed by atoms with Gasteiger partial charge in [-0.25, -0.2) is 4.79 Å². The van der Waals surface area contributed by atoms with Gasteiger partial charge in [0.25, 0.3) is 0 Å². The van der Waals surface area contributed by atoms with Crippen LogP contribution in [0, 0.1) is 11.8 Å². The zero-order valence-corrected chi connectivity index (χ0v) is 10.8. The highest BCUT2D eigenvalue weighted by molar-refractivity contribution is 5.92. The van der Waals surface area contributed by atoms with Gasteiger partial charge in [-0.1, -0.05) is 13.8 Å². The van der Waals surface area contributed by atoms with Crippen molar-refractivity contribution in [1.29, 1.82) is 0 Å². The fourth-order valence-corrected chi connectivity index (χ4v) is 2.87. The number of carboxylic acid groups (broad SMARTS) is 1. The smallest absolute Gasteiger partial charge is 0.339 e. The average Bonchev–Trinajstić information content (AvgIpc) is 2.27. The Balaban J connectivity index is 2.11. The van der Waals surface area contributed by atoms with Crippen molar-refractivity contribution in [3.63, 3.8) is 0 Å². The molecule has 98 valence electrons. The standard InChI is InChI=1S/C13H19N3O2/c1-8-5-9(2)7-10(6-8)15-12-11(13(17)18)3-4-14-16-12/h3-4,8-10H,5-7H2,1-2H3,(H,15,16)(H,17,18). The second kappa shape index (κ2) is 5.33. The van der Waals surface area contributed by atoms with Gasteiger partial charge < -0.3 is 10.4 Å². The number of nitrogens with one attached hydrogen (secondary N) is 1. The lowest BCUT2D eigenvalue weighted by molar-refractivity contribution is 0.0697. The van der Waals surface area contributed by atoms with Crippen LogP contribution in [-0.4, -0.2) is 27.3 Å². The molecule has 0 aromatic carbocycles. The summed E-state index contributed by atoms with van der Waals surface area (Å²) in [6.07, 6.45) is 4.76. The molecule has 2 unspecified atom stereocenters. The summed E-state index contributed by atoms with van der Waals surface area (Å²) in [6.45, 7) is 4.47. The summed E-state index contributed by atoms with van der Waals surface area (Å²) in [7, 11) is 0. The normalized spacial score (nSPS) is 27.8. The second-order valence-corrected chi connectivity index (χ2v) is 5.36. The molecule has 2 atom stereocenters. The lowest BCUT2D eigenvalue weighted by atomic mass is 9.80. The van der Waals surface area contributed by atoms with Crippen molar-refractivity contribution in [2.75, 3.05) is 5.32 Å². The maximum atomic E-state index is 11.1. The van der Waals surface area contributed by atoms with Crippen molar-refractivity contribution in [2.45, 2.75) is 39.2 Å². The number of nitrogens with zero attached hydrogens (tertiary/aromatic N) is 2. The van der Waals surface area contributed by atoms with Gasteiger partial charge >= 0.3 is 5.97 Å². The summed E-state index contributed by atoms with van der Waals surface area (Å²) in [4.78, 5) is 11.1. The molecule has 1 heterocycles. The summed E-state index contributed by atoms with van der Waals surface area (Å²) in [5.74, 6) is 0.744. The van der Waals surface area contributed by atoms with Crippen molar-refractivity contribution >= 4 is 11.8 Å². The van der Waals surface area contributed by atoms with E-state index in [1.54, 1.807) is 0 Å². The Kier molecular flexibility index (Phi) is 3.79. The summed E-state index contributed by atoms with van der Waals surface area (Å²) in [6, 6.07) is 1.77. The number of aromatic carboxylic acids is 1.